The zero-order valence-corrected chi connectivity index (χ0v) is 6.02. The molecule has 4 heteroatoms. The summed E-state index contributed by atoms with van der Waals surface area (Å²) in [5.74, 6) is 0.255. The smallest absolute Gasteiger partial charge is 0.158 e. The first kappa shape index (κ1) is 6.15. The molecule has 4 nitrogen and oxygen atoms in total. The fraction of sp³-hybridized carbons (Fsp3) is 0.143. The van der Waals surface area contributed by atoms with Crippen molar-refractivity contribution in [2.45, 2.75) is 6.92 Å². The van der Waals surface area contributed by atoms with Crippen molar-refractivity contribution in [2.75, 3.05) is 0 Å². The molecule has 0 saturated heterocycles. The standard InChI is InChI=1S/C7H7N3O/c1-5-3-10-7(2-6(5)11)8-4-9-10/h2-4,11H,1H3. The number of nitrogens with zero attached hydrogens (tertiary/aromatic N) is 3. The highest BCUT2D eigenvalue weighted by Gasteiger charge is 1.99. The van der Waals surface area contributed by atoms with E-state index in [0.717, 1.165) is 5.56 Å². The van der Waals surface area contributed by atoms with Crippen LogP contribution in [0.4, 0.5) is 0 Å². The largest absolute Gasteiger partial charge is 0.507 e. The van der Waals surface area contributed by atoms with Crippen LogP contribution in [0.3, 0.4) is 0 Å². The molecule has 2 rings (SSSR count). The molecule has 0 atom stereocenters. The number of hydrogen-bond acceptors (Lipinski definition) is 3. The van der Waals surface area contributed by atoms with Crippen molar-refractivity contribution in [1.82, 2.24) is 14.6 Å². The van der Waals surface area contributed by atoms with E-state index in [2.05, 4.69) is 10.1 Å². The molecule has 0 aliphatic heterocycles. The molecule has 0 bridgehead atoms. The lowest BCUT2D eigenvalue weighted by Gasteiger charge is -1.97. The molecule has 2 heterocycles. The predicted molar refractivity (Wildman–Crippen MR) is 39.4 cm³/mol. The van der Waals surface area contributed by atoms with Gasteiger partial charge in [0.2, 0.25) is 0 Å². The molecule has 0 amide bonds. The molecule has 0 unspecified atom stereocenters. The van der Waals surface area contributed by atoms with Crippen LogP contribution in [-0.2, 0) is 0 Å². The zero-order valence-electron chi connectivity index (χ0n) is 6.02. The molecule has 0 aliphatic carbocycles. The Bertz CT molecular complexity index is 357. The lowest BCUT2D eigenvalue weighted by molar-refractivity contribution is 0.470. The van der Waals surface area contributed by atoms with Crippen LogP contribution in [0.5, 0.6) is 5.75 Å². The van der Waals surface area contributed by atoms with Gasteiger partial charge in [0.25, 0.3) is 0 Å². The van der Waals surface area contributed by atoms with Gasteiger partial charge in [0, 0.05) is 17.8 Å². The highest BCUT2D eigenvalue weighted by atomic mass is 16.3. The summed E-state index contributed by atoms with van der Waals surface area (Å²) in [6.45, 7) is 1.82. The molecular formula is C7H7N3O. The summed E-state index contributed by atoms with van der Waals surface area (Å²) in [6.07, 6.45) is 3.19. The maximum atomic E-state index is 9.25. The number of aryl methyl sites for hydroxylation is 1. The van der Waals surface area contributed by atoms with E-state index in [4.69, 9.17) is 0 Å². The van der Waals surface area contributed by atoms with Gasteiger partial charge < -0.3 is 5.11 Å². The third kappa shape index (κ3) is 0.832. The highest BCUT2D eigenvalue weighted by molar-refractivity contribution is 5.45. The average Bonchev–Trinajstić information content (AvgIpc) is 2.36. The lowest BCUT2D eigenvalue weighted by Crippen LogP contribution is -1.87. The topological polar surface area (TPSA) is 50.4 Å². The van der Waals surface area contributed by atoms with Crippen LogP contribution in [-0.4, -0.2) is 19.7 Å². The Morgan fingerprint density at radius 1 is 1.55 bits per heavy atom. The first-order valence-corrected chi connectivity index (χ1v) is 3.26. The molecule has 0 aromatic carbocycles. The molecule has 0 saturated carbocycles. The summed E-state index contributed by atoms with van der Waals surface area (Å²) in [7, 11) is 0. The second kappa shape index (κ2) is 1.95. The Balaban J connectivity index is 2.86. The van der Waals surface area contributed by atoms with E-state index in [-0.39, 0.29) is 5.75 Å². The lowest BCUT2D eigenvalue weighted by atomic mass is 10.3. The first-order valence-electron chi connectivity index (χ1n) is 3.26. The SMILES string of the molecule is Cc1cn2ncnc2cc1O. The van der Waals surface area contributed by atoms with Crippen LogP contribution in [0, 0.1) is 6.92 Å². The Morgan fingerprint density at radius 2 is 2.36 bits per heavy atom. The van der Waals surface area contributed by atoms with E-state index in [1.165, 1.54) is 6.33 Å². The highest BCUT2D eigenvalue weighted by Crippen LogP contribution is 2.15. The summed E-state index contributed by atoms with van der Waals surface area (Å²) < 4.78 is 1.62. The summed E-state index contributed by atoms with van der Waals surface area (Å²) in [6, 6.07) is 1.59. The molecule has 56 valence electrons. The van der Waals surface area contributed by atoms with Crippen molar-refractivity contribution in [2.24, 2.45) is 0 Å². The molecule has 0 spiro atoms. The molecule has 2 aromatic heterocycles. The Hall–Kier alpha value is -1.58. The molecular weight excluding hydrogens is 142 g/mol. The predicted octanol–water partition coefficient (Wildman–Crippen LogP) is 0.743. The van der Waals surface area contributed by atoms with E-state index in [1.54, 1.807) is 16.8 Å². The van der Waals surface area contributed by atoms with Crippen molar-refractivity contribution in [1.29, 1.82) is 0 Å². The minimum absolute atomic E-state index is 0.255. The van der Waals surface area contributed by atoms with Gasteiger partial charge >= 0.3 is 0 Å². The molecule has 0 aliphatic rings. The zero-order chi connectivity index (χ0) is 7.84. The minimum atomic E-state index is 0.255. The van der Waals surface area contributed by atoms with Gasteiger partial charge in [-0.1, -0.05) is 0 Å². The van der Waals surface area contributed by atoms with E-state index in [1.807, 2.05) is 6.92 Å². The summed E-state index contributed by atoms with van der Waals surface area (Å²) in [4.78, 5) is 3.91. The molecule has 0 fully saturated rings. The van der Waals surface area contributed by atoms with Gasteiger partial charge in [-0.2, -0.15) is 5.10 Å². The second-order valence-electron chi connectivity index (χ2n) is 2.40. The van der Waals surface area contributed by atoms with Crippen LogP contribution in [0.25, 0.3) is 5.65 Å². The third-order valence-corrected chi connectivity index (χ3v) is 1.59. The number of fused-ring (bicyclic) bond motifs is 1. The number of aromatic hydroxyl groups is 1. The third-order valence-electron chi connectivity index (χ3n) is 1.59. The second-order valence-corrected chi connectivity index (χ2v) is 2.40. The number of pyridine rings is 1. The van der Waals surface area contributed by atoms with Crippen LogP contribution in [0.2, 0.25) is 0 Å². The maximum Gasteiger partial charge on any atom is 0.158 e. The average molecular weight is 149 g/mol. The number of rotatable bonds is 0. The van der Waals surface area contributed by atoms with Crippen molar-refractivity contribution in [3.8, 4) is 5.75 Å². The minimum Gasteiger partial charge on any atom is -0.507 e. The van der Waals surface area contributed by atoms with E-state index >= 15 is 0 Å². The first-order chi connectivity index (χ1) is 5.27. The van der Waals surface area contributed by atoms with Crippen molar-refractivity contribution in [3.63, 3.8) is 0 Å². The van der Waals surface area contributed by atoms with Gasteiger partial charge in [0.1, 0.15) is 12.1 Å². The van der Waals surface area contributed by atoms with Gasteiger partial charge in [-0.25, -0.2) is 9.50 Å². The normalized spacial score (nSPS) is 10.6. The van der Waals surface area contributed by atoms with Crippen molar-refractivity contribution >= 4 is 5.65 Å². The van der Waals surface area contributed by atoms with Gasteiger partial charge in [-0.3, -0.25) is 0 Å². The summed E-state index contributed by atoms with van der Waals surface area (Å²) in [5.41, 5.74) is 1.45. The molecule has 1 N–H and O–H groups in total. The van der Waals surface area contributed by atoms with Crippen molar-refractivity contribution in [3.05, 3.63) is 24.2 Å². The fourth-order valence-corrected chi connectivity index (χ4v) is 0.947. The van der Waals surface area contributed by atoms with Gasteiger partial charge in [-0.05, 0) is 6.92 Å². The van der Waals surface area contributed by atoms with Crippen LogP contribution >= 0.6 is 0 Å². The van der Waals surface area contributed by atoms with Crippen molar-refractivity contribution < 1.29 is 5.11 Å². The summed E-state index contributed by atoms with van der Waals surface area (Å²) in [5, 5.41) is 13.2. The van der Waals surface area contributed by atoms with Gasteiger partial charge in [-0.15, -0.1) is 0 Å². The van der Waals surface area contributed by atoms with E-state index < -0.39 is 0 Å². The van der Waals surface area contributed by atoms with E-state index in [0.29, 0.717) is 5.65 Å². The van der Waals surface area contributed by atoms with E-state index in [9.17, 15) is 5.11 Å². The molecule has 0 radical (unpaired) electrons. The van der Waals surface area contributed by atoms with Crippen LogP contribution in [0.1, 0.15) is 5.56 Å². The fourth-order valence-electron chi connectivity index (χ4n) is 0.947. The van der Waals surface area contributed by atoms with Gasteiger partial charge in [0.15, 0.2) is 5.65 Å². The van der Waals surface area contributed by atoms with Crippen LogP contribution in [0.15, 0.2) is 18.6 Å². The number of hydrogen-bond donors (Lipinski definition) is 1. The molecule has 11 heavy (non-hydrogen) atoms. The number of aromatic nitrogens is 3. The van der Waals surface area contributed by atoms with Crippen LogP contribution < -0.4 is 0 Å². The Kier molecular flexibility index (Phi) is 1.09. The molecule has 2 aromatic rings. The Morgan fingerprint density at radius 3 is 3.18 bits per heavy atom. The Labute approximate surface area is 63.1 Å². The maximum absolute atomic E-state index is 9.25. The van der Waals surface area contributed by atoms with Gasteiger partial charge in [0.05, 0.1) is 0 Å². The monoisotopic (exact) mass is 149 g/mol. The summed E-state index contributed by atoms with van der Waals surface area (Å²) >= 11 is 0. The quantitative estimate of drug-likeness (QED) is 0.601.